The van der Waals surface area contributed by atoms with Crippen LogP contribution in [0.15, 0.2) is 72.8 Å². The number of nitrogens with one attached hydrogen (secondary N) is 1. The van der Waals surface area contributed by atoms with Crippen LogP contribution in [0.4, 0.5) is 0 Å². The molecule has 3 N–H and O–H groups in total. The normalized spacial score (nSPS) is 17.2. The zero-order valence-corrected chi connectivity index (χ0v) is 32.3. The summed E-state index contributed by atoms with van der Waals surface area (Å²) in [7, 11) is 0. The molecule has 3 aromatic rings. The molecule has 1 fully saturated rings. The monoisotopic (exact) mass is 728 g/mol. The Hall–Kier alpha value is -3.56. The SMILES string of the molecule is CCCCCCCCN(CCCCCCCC)C[C@H]1C[C@@H](c2ccc(CO)cc2)O[C@@H](c2cccc(-c3cccc(CNC(=O)CCC(=O)O)c3)c2)O1. The predicted molar refractivity (Wildman–Crippen MR) is 212 cm³/mol. The van der Waals surface area contributed by atoms with Gasteiger partial charge in [-0.15, -0.1) is 0 Å². The summed E-state index contributed by atoms with van der Waals surface area (Å²) in [5, 5.41) is 21.4. The molecule has 1 aliphatic heterocycles. The highest BCUT2D eigenvalue weighted by molar-refractivity contribution is 5.80. The van der Waals surface area contributed by atoms with Crippen LogP contribution in [-0.2, 0) is 32.2 Å². The van der Waals surface area contributed by atoms with E-state index in [1.165, 1.54) is 77.0 Å². The smallest absolute Gasteiger partial charge is 0.303 e. The summed E-state index contributed by atoms with van der Waals surface area (Å²) in [6, 6.07) is 24.4. The minimum atomic E-state index is -0.983. The summed E-state index contributed by atoms with van der Waals surface area (Å²) in [6.07, 6.45) is 15.2. The molecule has 3 aromatic carbocycles. The second-order valence-corrected chi connectivity index (χ2v) is 14.7. The van der Waals surface area contributed by atoms with E-state index in [1.54, 1.807) is 0 Å². The van der Waals surface area contributed by atoms with Gasteiger partial charge in [0.2, 0.25) is 5.91 Å². The topological polar surface area (TPSA) is 108 Å². The molecule has 0 saturated carbocycles. The van der Waals surface area contributed by atoms with E-state index in [1.807, 2.05) is 36.4 Å². The first kappa shape index (κ1) is 42.2. The standard InChI is InChI=1S/C45H64N2O6/c1-3-5-7-9-11-13-27-47(28-14-12-10-8-6-4-2)33-41-31-42(37-23-21-35(34-48)22-24-37)53-45(52-41)40-20-16-19-39(30-40)38-18-15-17-36(29-38)32-46-43(49)25-26-44(50)51/h15-24,29-30,41-42,45,48H,3-14,25-28,31-34H2,1-2H3,(H,46,49)(H,50,51)/t41-,42+,45+/m1/s1. The van der Waals surface area contributed by atoms with Gasteiger partial charge >= 0.3 is 5.97 Å². The Morgan fingerprint density at radius 3 is 1.98 bits per heavy atom. The Labute approximate surface area is 318 Å². The van der Waals surface area contributed by atoms with Gasteiger partial charge in [-0.25, -0.2) is 0 Å². The highest BCUT2D eigenvalue weighted by atomic mass is 16.7. The van der Waals surface area contributed by atoms with Crippen molar-refractivity contribution >= 4 is 11.9 Å². The Morgan fingerprint density at radius 1 is 0.717 bits per heavy atom. The predicted octanol–water partition coefficient (Wildman–Crippen LogP) is 9.90. The van der Waals surface area contributed by atoms with E-state index < -0.39 is 12.3 Å². The van der Waals surface area contributed by atoms with E-state index >= 15 is 0 Å². The van der Waals surface area contributed by atoms with Crippen molar-refractivity contribution in [2.24, 2.45) is 0 Å². The van der Waals surface area contributed by atoms with Crippen LogP contribution < -0.4 is 5.32 Å². The van der Waals surface area contributed by atoms with Gasteiger partial charge in [-0.1, -0.05) is 139 Å². The molecule has 0 aromatic heterocycles. The minimum absolute atomic E-state index is 0.00632. The maximum absolute atomic E-state index is 12.1. The number of aliphatic hydroxyl groups excluding tert-OH is 1. The summed E-state index contributed by atoms with van der Waals surface area (Å²) in [5.74, 6) is -1.26. The lowest BCUT2D eigenvalue weighted by atomic mass is 9.98. The van der Waals surface area contributed by atoms with E-state index in [4.69, 9.17) is 14.6 Å². The first-order valence-corrected chi connectivity index (χ1v) is 20.3. The van der Waals surface area contributed by atoms with E-state index in [0.29, 0.717) is 6.54 Å². The highest BCUT2D eigenvalue weighted by Crippen LogP contribution is 2.39. The fourth-order valence-electron chi connectivity index (χ4n) is 7.08. The summed E-state index contributed by atoms with van der Waals surface area (Å²) < 4.78 is 13.6. The van der Waals surface area contributed by atoms with Crippen molar-refractivity contribution in [2.45, 2.75) is 142 Å². The molecule has 0 bridgehead atoms. The van der Waals surface area contributed by atoms with Crippen molar-refractivity contribution in [3.05, 3.63) is 95.1 Å². The number of hydrogen-bond acceptors (Lipinski definition) is 6. The van der Waals surface area contributed by atoms with Crippen LogP contribution in [0.5, 0.6) is 0 Å². The zero-order valence-electron chi connectivity index (χ0n) is 32.3. The Balaban J connectivity index is 1.50. The largest absolute Gasteiger partial charge is 0.481 e. The molecule has 8 heteroatoms. The van der Waals surface area contributed by atoms with Gasteiger partial charge in [0.1, 0.15) is 0 Å². The third kappa shape index (κ3) is 15.4. The fourth-order valence-corrected chi connectivity index (χ4v) is 7.08. The summed E-state index contributed by atoms with van der Waals surface area (Å²) in [5.41, 5.74) is 5.89. The number of aliphatic hydroxyl groups is 1. The van der Waals surface area contributed by atoms with E-state index in [9.17, 15) is 14.7 Å². The number of hydrogen-bond donors (Lipinski definition) is 3. The average molecular weight is 729 g/mol. The van der Waals surface area contributed by atoms with Gasteiger partial charge in [-0.05, 0) is 65.9 Å². The molecule has 0 spiro atoms. The maximum Gasteiger partial charge on any atom is 0.303 e. The third-order valence-corrected chi connectivity index (χ3v) is 10.2. The van der Waals surface area contributed by atoms with Crippen LogP contribution in [0.2, 0.25) is 0 Å². The molecule has 0 radical (unpaired) electrons. The Morgan fingerprint density at radius 2 is 1.34 bits per heavy atom. The quantitative estimate of drug-likeness (QED) is 0.0746. The summed E-state index contributed by atoms with van der Waals surface area (Å²) in [6.45, 7) is 7.93. The maximum atomic E-state index is 12.1. The second kappa shape index (κ2) is 24.0. The molecule has 1 heterocycles. The number of ether oxygens (including phenoxy) is 2. The number of nitrogens with zero attached hydrogens (tertiary/aromatic N) is 1. The Bertz CT molecular complexity index is 1480. The van der Waals surface area contributed by atoms with Crippen molar-refractivity contribution in [1.82, 2.24) is 10.2 Å². The van der Waals surface area contributed by atoms with Crippen molar-refractivity contribution in [2.75, 3.05) is 19.6 Å². The molecule has 0 aliphatic carbocycles. The van der Waals surface area contributed by atoms with E-state index in [-0.39, 0.29) is 37.6 Å². The number of benzene rings is 3. The highest BCUT2D eigenvalue weighted by Gasteiger charge is 2.33. The third-order valence-electron chi connectivity index (χ3n) is 10.2. The van der Waals surface area contributed by atoms with Crippen molar-refractivity contribution in [1.29, 1.82) is 0 Å². The lowest BCUT2D eigenvalue weighted by molar-refractivity contribution is -0.253. The minimum Gasteiger partial charge on any atom is -0.481 e. The number of carboxylic acid groups (broad SMARTS) is 1. The average Bonchev–Trinajstić information content (AvgIpc) is 3.18. The number of carbonyl (C=O) groups is 2. The first-order chi connectivity index (χ1) is 25.9. The van der Waals surface area contributed by atoms with Gasteiger partial charge in [0.25, 0.3) is 0 Å². The zero-order chi connectivity index (χ0) is 37.7. The fraction of sp³-hybridized carbons (Fsp3) is 0.556. The van der Waals surface area contributed by atoms with Crippen molar-refractivity contribution in [3.8, 4) is 11.1 Å². The molecule has 1 amide bonds. The van der Waals surface area contributed by atoms with Gasteiger partial charge in [0, 0.05) is 31.5 Å². The van der Waals surface area contributed by atoms with Crippen LogP contribution in [-0.4, -0.2) is 52.7 Å². The number of aliphatic carboxylic acids is 1. The molecule has 290 valence electrons. The number of amides is 1. The molecule has 1 aliphatic rings. The van der Waals surface area contributed by atoms with Crippen LogP contribution >= 0.6 is 0 Å². The lowest BCUT2D eigenvalue weighted by Crippen LogP contribution is -2.40. The molecule has 1 saturated heterocycles. The van der Waals surface area contributed by atoms with Crippen LogP contribution in [0.3, 0.4) is 0 Å². The summed E-state index contributed by atoms with van der Waals surface area (Å²) in [4.78, 5) is 25.6. The number of carbonyl (C=O) groups excluding carboxylic acids is 1. The number of carboxylic acids is 1. The molecule has 3 atom stereocenters. The van der Waals surface area contributed by atoms with Crippen LogP contribution in [0.1, 0.15) is 145 Å². The lowest BCUT2D eigenvalue weighted by Gasteiger charge is -2.38. The molecular weight excluding hydrogens is 665 g/mol. The molecule has 53 heavy (non-hydrogen) atoms. The van der Waals surface area contributed by atoms with Gasteiger partial charge in [0.05, 0.1) is 25.2 Å². The van der Waals surface area contributed by atoms with E-state index in [2.05, 4.69) is 60.5 Å². The second-order valence-electron chi connectivity index (χ2n) is 14.7. The summed E-state index contributed by atoms with van der Waals surface area (Å²) >= 11 is 0. The van der Waals surface area contributed by atoms with Crippen molar-refractivity contribution < 1.29 is 29.3 Å². The van der Waals surface area contributed by atoms with Gasteiger partial charge < -0.3 is 29.9 Å². The first-order valence-electron chi connectivity index (χ1n) is 20.3. The molecular formula is C45H64N2O6. The van der Waals surface area contributed by atoms with Crippen LogP contribution in [0.25, 0.3) is 11.1 Å². The van der Waals surface area contributed by atoms with Gasteiger partial charge in [-0.3, -0.25) is 9.59 Å². The van der Waals surface area contributed by atoms with E-state index in [0.717, 1.165) is 59.4 Å². The molecule has 8 nitrogen and oxygen atoms in total. The van der Waals surface area contributed by atoms with Gasteiger partial charge in [-0.2, -0.15) is 0 Å². The molecule has 0 unspecified atom stereocenters. The number of rotatable bonds is 25. The Kier molecular flexibility index (Phi) is 19.1. The number of unbranched alkanes of at least 4 members (excludes halogenated alkanes) is 10. The molecule has 4 rings (SSSR count). The van der Waals surface area contributed by atoms with Gasteiger partial charge in [0.15, 0.2) is 6.29 Å². The van der Waals surface area contributed by atoms with Crippen LogP contribution in [0, 0.1) is 0 Å². The van der Waals surface area contributed by atoms with Crippen molar-refractivity contribution in [3.63, 3.8) is 0 Å².